The zero-order chi connectivity index (χ0) is 19.7. The number of amides is 1. The summed E-state index contributed by atoms with van der Waals surface area (Å²) in [5.74, 6) is 0.769. The Balaban J connectivity index is 1.51. The van der Waals surface area contributed by atoms with Crippen molar-refractivity contribution < 1.29 is 18.3 Å². The summed E-state index contributed by atoms with van der Waals surface area (Å²) in [5.41, 5.74) is 1.01. The van der Waals surface area contributed by atoms with Gasteiger partial charge in [0.15, 0.2) is 23.2 Å². The molecule has 8 heteroatoms. The number of nitrogens with zero attached hydrogens (tertiary/aromatic N) is 4. The molecule has 4 rings (SSSR count). The number of carbonyl (C=O) groups is 1. The number of aryl methyl sites for hydroxylation is 2. The van der Waals surface area contributed by atoms with Crippen molar-refractivity contribution in [3.63, 3.8) is 0 Å². The van der Waals surface area contributed by atoms with E-state index in [1.165, 1.54) is 12.3 Å². The highest BCUT2D eigenvalue weighted by molar-refractivity contribution is 5.92. The van der Waals surface area contributed by atoms with Crippen molar-refractivity contribution >= 4 is 5.91 Å². The summed E-state index contributed by atoms with van der Waals surface area (Å²) in [6.07, 6.45) is 2.10. The van der Waals surface area contributed by atoms with E-state index in [4.69, 9.17) is 9.15 Å². The second kappa shape index (κ2) is 7.38. The fourth-order valence-electron chi connectivity index (χ4n) is 3.22. The van der Waals surface area contributed by atoms with Gasteiger partial charge in [0, 0.05) is 37.7 Å². The van der Waals surface area contributed by atoms with Gasteiger partial charge in [0.2, 0.25) is 5.88 Å². The standard InChI is InChI=1S/C20H19FN4O3/c1-12-9-18(28-17-6-4-3-5-15(17)21)24-19(22-12)14-7-8-25(10-14)20(26)16-11-27-13(2)23-16/h3-6,9,11,14H,7-8,10H2,1-2H3/t14-/m1/s1. The van der Waals surface area contributed by atoms with Crippen LogP contribution in [0.2, 0.25) is 0 Å². The molecule has 1 aliphatic heterocycles. The van der Waals surface area contributed by atoms with Gasteiger partial charge in [-0.1, -0.05) is 12.1 Å². The van der Waals surface area contributed by atoms with Crippen LogP contribution in [-0.2, 0) is 0 Å². The number of hydrogen-bond acceptors (Lipinski definition) is 6. The molecule has 3 aromatic rings. The molecule has 1 aliphatic rings. The van der Waals surface area contributed by atoms with Crippen molar-refractivity contribution in [3.05, 3.63) is 65.5 Å². The molecule has 0 aliphatic carbocycles. The van der Waals surface area contributed by atoms with E-state index in [1.54, 1.807) is 36.1 Å². The van der Waals surface area contributed by atoms with Gasteiger partial charge in [-0.3, -0.25) is 4.79 Å². The maximum absolute atomic E-state index is 13.9. The van der Waals surface area contributed by atoms with E-state index in [0.717, 1.165) is 6.42 Å². The first-order valence-corrected chi connectivity index (χ1v) is 8.99. The van der Waals surface area contributed by atoms with Gasteiger partial charge >= 0.3 is 0 Å². The third-order valence-electron chi connectivity index (χ3n) is 4.58. The minimum absolute atomic E-state index is 0.0279. The van der Waals surface area contributed by atoms with Gasteiger partial charge < -0.3 is 14.1 Å². The van der Waals surface area contributed by atoms with Gasteiger partial charge in [-0.15, -0.1) is 0 Å². The summed E-state index contributed by atoms with van der Waals surface area (Å²) < 4.78 is 24.6. The average Bonchev–Trinajstić information content (AvgIpc) is 3.32. The number of benzene rings is 1. The van der Waals surface area contributed by atoms with Crippen molar-refractivity contribution in [2.24, 2.45) is 0 Å². The Morgan fingerprint density at radius 3 is 2.82 bits per heavy atom. The summed E-state index contributed by atoms with van der Waals surface area (Å²) >= 11 is 0. The van der Waals surface area contributed by atoms with Crippen LogP contribution >= 0.6 is 0 Å². The number of oxazole rings is 1. The van der Waals surface area contributed by atoms with E-state index in [-0.39, 0.29) is 23.5 Å². The van der Waals surface area contributed by atoms with Crippen molar-refractivity contribution in [1.29, 1.82) is 0 Å². The third-order valence-corrected chi connectivity index (χ3v) is 4.58. The number of halogens is 1. The van der Waals surface area contributed by atoms with Gasteiger partial charge in [0.25, 0.3) is 5.91 Å². The lowest BCUT2D eigenvalue weighted by Crippen LogP contribution is -2.29. The fraction of sp³-hybridized carbons (Fsp3) is 0.300. The van der Waals surface area contributed by atoms with Crippen LogP contribution in [0.5, 0.6) is 11.6 Å². The van der Waals surface area contributed by atoms with Gasteiger partial charge in [-0.2, -0.15) is 4.98 Å². The zero-order valence-electron chi connectivity index (χ0n) is 15.6. The number of rotatable bonds is 4. The van der Waals surface area contributed by atoms with E-state index < -0.39 is 5.82 Å². The van der Waals surface area contributed by atoms with Crippen molar-refractivity contribution in [2.45, 2.75) is 26.2 Å². The molecule has 1 amide bonds. The maximum atomic E-state index is 13.9. The number of likely N-dealkylation sites (tertiary alicyclic amines) is 1. The Morgan fingerprint density at radius 1 is 1.25 bits per heavy atom. The maximum Gasteiger partial charge on any atom is 0.275 e. The van der Waals surface area contributed by atoms with Gasteiger partial charge in [-0.25, -0.2) is 14.4 Å². The Morgan fingerprint density at radius 2 is 2.07 bits per heavy atom. The van der Waals surface area contributed by atoms with E-state index in [0.29, 0.717) is 36.2 Å². The number of carbonyl (C=O) groups excluding carboxylic acids is 1. The van der Waals surface area contributed by atoms with Crippen LogP contribution in [0.25, 0.3) is 0 Å². The zero-order valence-corrected chi connectivity index (χ0v) is 15.6. The monoisotopic (exact) mass is 382 g/mol. The van der Waals surface area contributed by atoms with E-state index >= 15 is 0 Å². The second-order valence-electron chi connectivity index (χ2n) is 6.73. The quantitative estimate of drug-likeness (QED) is 0.685. The molecule has 2 aromatic heterocycles. The normalized spacial score (nSPS) is 16.4. The molecule has 0 unspecified atom stereocenters. The molecule has 0 saturated carbocycles. The van der Waals surface area contributed by atoms with E-state index in [2.05, 4.69) is 15.0 Å². The lowest BCUT2D eigenvalue weighted by molar-refractivity contribution is 0.0784. The molecule has 144 valence electrons. The summed E-state index contributed by atoms with van der Waals surface area (Å²) in [7, 11) is 0. The predicted molar refractivity (Wildman–Crippen MR) is 97.7 cm³/mol. The lowest BCUT2D eigenvalue weighted by Gasteiger charge is -2.15. The van der Waals surface area contributed by atoms with Crippen LogP contribution in [0.15, 0.2) is 41.0 Å². The molecular formula is C20H19FN4O3. The third kappa shape index (κ3) is 3.71. The Kier molecular flexibility index (Phi) is 4.77. The molecule has 0 radical (unpaired) electrons. The van der Waals surface area contributed by atoms with Crippen molar-refractivity contribution in [3.8, 4) is 11.6 Å². The first-order valence-electron chi connectivity index (χ1n) is 8.99. The number of hydrogen-bond donors (Lipinski definition) is 0. The van der Waals surface area contributed by atoms with Gasteiger partial charge in [0.05, 0.1) is 0 Å². The molecule has 1 saturated heterocycles. The molecule has 0 N–H and O–H groups in total. The summed E-state index contributed by atoms with van der Waals surface area (Å²) in [4.78, 5) is 27.3. The Bertz CT molecular complexity index is 1020. The van der Waals surface area contributed by atoms with Crippen molar-refractivity contribution in [2.75, 3.05) is 13.1 Å². The number of ether oxygens (including phenoxy) is 1. The van der Waals surface area contributed by atoms with Crippen LogP contribution in [0.4, 0.5) is 4.39 Å². The number of para-hydroxylation sites is 1. The van der Waals surface area contributed by atoms with Crippen LogP contribution in [-0.4, -0.2) is 38.8 Å². The highest BCUT2D eigenvalue weighted by Gasteiger charge is 2.31. The molecule has 1 aromatic carbocycles. The Labute approximate surface area is 161 Å². The van der Waals surface area contributed by atoms with E-state index in [9.17, 15) is 9.18 Å². The second-order valence-corrected chi connectivity index (χ2v) is 6.73. The largest absolute Gasteiger partial charge is 0.448 e. The fourth-order valence-corrected chi connectivity index (χ4v) is 3.22. The van der Waals surface area contributed by atoms with Crippen LogP contribution in [0, 0.1) is 19.7 Å². The van der Waals surface area contributed by atoms with Crippen LogP contribution < -0.4 is 4.74 Å². The van der Waals surface area contributed by atoms with Gasteiger partial charge in [0.1, 0.15) is 12.1 Å². The van der Waals surface area contributed by atoms with Crippen LogP contribution in [0.1, 0.15) is 40.2 Å². The highest BCUT2D eigenvalue weighted by atomic mass is 19.1. The molecule has 7 nitrogen and oxygen atoms in total. The SMILES string of the molecule is Cc1cc(Oc2ccccc2F)nc([C@@H]2CCN(C(=O)c3coc(C)n3)C2)n1. The van der Waals surface area contributed by atoms with E-state index in [1.807, 2.05) is 6.92 Å². The highest BCUT2D eigenvalue weighted by Crippen LogP contribution is 2.29. The first-order chi connectivity index (χ1) is 13.5. The molecule has 0 spiro atoms. The molecular weight excluding hydrogens is 363 g/mol. The lowest BCUT2D eigenvalue weighted by atomic mass is 10.1. The Hall–Kier alpha value is -3.29. The van der Waals surface area contributed by atoms with Crippen molar-refractivity contribution in [1.82, 2.24) is 19.9 Å². The smallest absolute Gasteiger partial charge is 0.275 e. The molecule has 28 heavy (non-hydrogen) atoms. The average molecular weight is 382 g/mol. The van der Waals surface area contributed by atoms with Crippen LogP contribution in [0.3, 0.4) is 0 Å². The molecule has 1 atom stereocenters. The minimum Gasteiger partial charge on any atom is -0.448 e. The molecule has 3 heterocycles. The molecule has 1 fully saturated rings. The van der Waals surface area contributed by atoms with Gasteiger partial charge in [-0.05, 0) is 25.5 Å². The minimum atomic E-state index is -0.458. The predicted octanol–water partition coefficient (Wildman–Crippen LogP) is 3.64. The molecule has 0 bridgehead atoms. The summed E-state index contributed by atoms with van der Waals surface area (Å²) in [6.45, 7) is 4.58. The summed E-state index contributed by atoms with van der Waals surface area (Å²) in [6, 6.07) is 7.82. The number of aromatic nitrogens is 3. The summed E-state index contributed by atoms with van der Waals surface area (Å²) in [5, 5.41) is 0. The first kappa shape index (κ1) is 18.1. The topological polar surface area (TPSA) is 81.4 Å².